The summed E-state index contributed by atoms with van der Waals surface area (Å²) in [6.07, 6.45) is 1.57. The fourth-order valence-corrected chi connectivity index (χ4v) is 1.03. The Morgan fingerprint density at radius 1 is 1.54 bits per heavy atom. The molecule has 78 valence electrons. The van der Waals surface area contributed by atoms with E-state index in [9.17, 15) is 4.79 Å². The Bertz CT molecular complexity index is 140. The summed E-state index contributed by atoms with van der Waals surface area (Å²) in [6, 6.07) is 0.151. The van der Waals surface area contributed by atoms with E-state index in [0.717, 1.165) is 19.4 Å². The van der Waals surface area contributed by atoms with Crippen LogP contribution in [-0.2, 0) is 4.79 Å². The second-order valence-electron chi connectivity index (χ2n) is 3.11. The predicted molar refractivity (Wildman–Crippen MR) is 52.5 cm³/mol. The van der Waals surface area contributed by atoms with Crippen LogP contribution in [0.1, 0.15) is 26.7 Å². The number of amides is 1. The van der Waals surface area contributed by atoms with Crippen LogP contribution in [0.2, 0.25) is 0 Å². The zero-order valence-corrected chi connectivity index (χ0v) is 8.47. The van der Waals surface area contributed by atoms with E-state index in [1.807, 2.05) is 13.8 Å². The number of aliphatic hydroxyl groups excluding tert-OH is 1. The smallest absolute Gasteiger partial charge is 0.234 e. The average molecular weight is 188 g/mol. The Balaban J connectivity index is 3.41. The van der Waals surface area contributed by atoms with Crippen LogP contribution in [-0.4, -0.2) is 36.8 Å². The van der Waals surface area contributed by atoms with Crippen molar-refractivity contribution in [2.24, 2.45) is 0 Å². The maximum absolute atomic E-state index is 11.1. The molecular weight excluding hydrogens is 168 g/mol. The molecular formula is C9H20N2O2. The van der Waals surface area contributed by atoms with E-state index in [1.54, 1.807) is 0 Å². The Labute approximate surface area is 79.7 Å². The molecule has 0 aliphatic carbocycles. The molecule has 4 heteroatoms. The number of hydrogen-bond acceptors (Lipinski definition) is 3. The van der Waals surface area contributed by atoms with Gasteiger partial charge in [-0.15, -0.1) is 0 Å². The first kappa shape index (κ1) is 12.4. The first-order valence-corrected chi connectivity index (χ1v) is 4.81. The quantitative estimate of drug-likeness (QED) is 0.521. The molecule has 0 heterocycles. The van der Waals surface area contributed by atoms with Crippen molar-refractivity contribution in [1.29, 1.82) is 0 Å². The number of aliphatic hydroxyl groups is 1. The number of hydrogen-bond donors (Lipinski definition) is 3. The average Bonchev–Trinajstić information content (AvgIpc) is 2.11. The normalized spacial score (nSPS) is 12.5. The molecule has 0 aromatic rings. The number of nitrogens with one attached hydrogen (secondary N) is 2. The summed E-state index contributed by atoms with van der Waals surface area (Å²) < 4.78 is 0. The molecule has 0 radical (unpaired) electrons. The molecule has 0 aromatic heterocycles. The predicted octanol–water partition coefficient (Wildman–Crippen LogP) is -0.127. The first-order valence-electron chi connectivity index (χ1n) is 4.81. The van der Waals surface area contributed by atoms with E-state index in [1.165, 1.54) is 0 Å². The lowest BCUT2D eigenvalue weighted by Crippen LogP contribution is -2.39. The molecule has 0 bridgehead atoms. The Hall–Kier alpha value is -0.610. The van der Waals surface area contributed by atoms with Crippen LogP contribution in [0.25, 0.3) is 0 Å². The molecule has 0 spiro atoms. The molecule has 0 rings (SSSR count). The number of rotatable bonds is 7. The van der Waals surface area contributed by atoms with Gasteiger partial charge in [-0.05, 0) is 26.3 Å². The highest BCUT2D eigenvalue weighted by Crippen LogP contribution is 1.94. The first-order chi connectivity index (χ1) is 6.20. The summed E-state index contributed by atoms with van der Waals surface area (Å²) in [7, 11) is 0. The van der Waals surface area contributed by atoms with Crippen LogP contribution in [0.5, 0.6) is 0 Å². The number of likely N-dealkylation sites (N-methyl/N-ethyl adjacent to an activating group) is 1. The minimum absolute atomic E-state index is 0.0206. The van der Waals surface area contributed by atoms with Gasteiger partial charge in [0.25, 0.3) is 0 Å². The van der Waals surface area contributed by atoms with Crippen LogP contribution < -0.4 is 10.6 Å². The van der Waals surface area contributed by atoms with Crippen LogP contribution in [0.3, 0.4) is 0 Å². The van der Waals surface area contributed by atoms with Gasteiger partial charge in [0, 0.05) is 12.6 Å². The summed E-state index contributed by atoms with van der Waals surface area (Å²) in [5, 5.41) is 14.4. The monoisotopic (exact) mass is 188 g/mol. The maximum Gasteiger partial charge on any atom is 0.234 e. The lowest BCUT2D eigenvalue weighted by Gasteiger charge is -2.12. The molecule has 0 aliphatic heterocycles. The number of carbonyl (C=O) groups excluding carboxylic acids is 1. The highest BCUT2D eigenvalue weighted by atomic mass is 16.2. The highest BCUT2D eigenvalue weighted by molar-refractivity contribution is 5.78. The third-order valence-corrected chi connectivity index (χ3v) is 1.74. The van der Waals surface area contributed by atoms with Crippen molar-refractivity contribution in [2.45, 2.75) is 32.7 Å². The zero-order chi connectivity index (χ0) is 10.1. The molecule has 0 saturated carbocycles. The molecule has 0 aliphatic rings. The Kier molecular flexibility index (Phi) is 7.63. The van der Waals surface area contributed by atoms with E-state index in [0.29, 0.717) is 6.54 Å². The van der Waals surface area contributed by atoms with Crippen molar-refractivity contribution in [1.82, 2.24) is 10.6 Å². The second-order valence-corrected chi connectivity index (χ2v) is 3.11. The molecule has 3 N–H and O–H groups in total. The summed E-state index contributed by atoms with van der Waals surface area (Å²) in [5.74, 6) is 0.0206. The standard InChI is InChI=1S/C9H20N2O2/c1-3-10-7-9(13)11-8(2)5-4-6-12/h8,10,12H,3-7H2,1-2H3,(H,11,13). The fourth-order valence-electron chi connectivity index (χ4n) is 1.03. The fraction of sp³-hybridized carbons (Fsp3) is 0.889. The molecule has 0 fully saturated rings. The van der Waals surface area contributed by atoms with Gasteiger partial charge < -0.3 is 15.7 Å². The molecule has 4 nitrogen and oxygen atoms in total. The summed E-state index contributed by atoms with van der Waals surface area (Å²) >= 11 is 0. The van der Waals surface area contributed by atoms with Gasteiger partial charge in [0.05, 0.1) is 6.54 Å². The molecule has 0 aromatic carbocycles. The minimum atomic E-state index is 0.0206. The van der Waals surface area contributed by atoms with Gasteiger partial charge in [0.15, 0.2) is 0 Å². The molecule has 13 heavy (non-hydrogen) atoms. The van der Waals surface area contributed by atoms with Crippen molar-refractivity contribution in [3.63, 3.8) is 0 Å². The van der Waals surface area contributed by atoms with Crippen LogP contribution in [0, 0.1) is 0 Å². The van der Waals surface area contributed by atoms with Gasteiger partial charge in [0.2, 0.25) is 5.91 Å². The van der Waals surface area contributed by atoms with Crippen molar-refractivity contribution in [3.05, 3.63) is 0 Å². The number of carbonyl (C=O) groups is 1. The van der Waals surface area contributed by atoms with E-state index < -0.39 is 0 Å². The van der Waals surface area contributed by atoms with Crippen LogP contribution in [0.15, 0.2) is 0 Å². The van der Waals surface area contributed by atoms with Gasteiger partial charge in [-0.1, -0.05) is 6.92 Å². The second kappa shape index (κ2) is 8.01. The lowest BCUT2D eigenvalue weighted by atomic mass is 10.2. The van der Waals surface area contributed by atoms with Crippen molar-refractivity contribution in [2.75, 3.05) is 19.7 Å². The van der Waals surface area contributed by atoms with Crippen molar-refractivity contribution in [3.8, 4) is 0 Å². The SMILES string of the molecule is CCNCC(=O)NC(C)CCCO. The van der Waals surface area contributed by atoms with E-state index in [2.05, 4.69) is 10.6 Å². The molecule has 1 unspecified atom stereocenters. The van der Waals surface area contributed by atoms with Gasteiger partial charge in [-0.3, -0.25) is 4.79 Å². The maximum atomic E-state index is 11.1. The van der Waals surface area contributed by atoms with Gasteiger partial charge in [-0.2, -0.15) is 0 Å². The van der Waals surface area contributed by atoms with E-state index in [4.69, 9.17) is 5.11 Å². The lowest BCUT2D eigenvalue weighted by molar-refractivity contribution is -0.120. The largest absolute Gasteiger partial charge is 0.396 e. The Morgan fingerprint density at radius 2 is 2.23 bits per heavy atom. The molecule has 1 amide bonds. The Morgan fingerprint density at radius 3 is 2.77 bits per heavy atom. The highest BCUT2D eigenvalue weighted by Gasteiger charge is 2.05. The topological polar surface area (TPSA) is 61.4 Å². The van der Waals surface area contributed by atoms with Gasteiger partial charge in [-0.25, -0.2) is 0 Å². The summed E-state index contributed by atoms with van der Waals surface area (Å²) in [6.45, 7) is 5.27. The third kappa shape index (κ3) is 7.74. The van der Waals surface area contributed by atoms with E-state index in [-0.39, 0.29) is 18.6 Å². The van der Waals surface area contributed by atoms with Crippen LogP contribution in [0.4, 0.5) is 0 Å². The molecule has 0 saturated heterocycles. The van der Waals surface area contributed by atoms with Gasteiger partial charge >= 0.3 is 0 Å². The zero-order valence-electron chi connectivity index (χ0n) is 8.47. The summed E-state index contributed by atoms with van der Waals surface area (Å²) in [4.78, 5) is 11.1. The van der Waals surface area contributed by atoms with Crippen molar-refractivity contribution < 1.29 is 9.90 Å². The van der Waals surface area contributed by atoms with Crippen LogP contribution >= 0.6 is 0 Å². The third-order valence-electron chi connectivity index (χ3n) is 1.74. The minimum Gasteiger partial charge on any atom is -0.396 e. The molecule has 1 atom stereocenters. The summed E-state index contributed by atoms with van der Waals surface area (Å²) in [5.41, 5.74) is 0. The van der Waals surface area contributed by atoms with E-state index >= 15 is 0 Å². The van der Waals surface area contributed by atoms with Crippen molar-refractivity contribution >= 4 is 5.91 Å². The van der Waals surface area contributed by atoms with Gasteiger partial charge in [0.1, 0.15) is 0 Å².